The molecule has 2 aromatic rings. The highest BCUT2D eigenvalue weighted by atomic mass is 32.2. The average molecular weight is 410 g/mol. The number of ether oxygens (including phenoxy) is 1. The van der Waals surface area contributed by atoms with Gasteiger partial charge in [-0.25, -0.2) is 0 Å². The molecule has 3 rings (SSSR count). The third-order valence-electron chi connectivity index (χ3n) is 4.56. The van der Waals surface area contributed by atoms with Gasteiger partial charge in [-0.1, -0.05) is 30.3 Å². The van der Waals surface area contributed by atoms with E-state index in [9.17, 15) is 14.4 Å². The molecule has 0 aromatic heterocycles. The quantitative estimate of drug-likeness (QED) is 0.716. The van der Waals surface area contributed by atoms with Crippen LogP contribution in [-0.2, 0) is 9.59 Å². The van der Waals surface area contributed by atoms with Crippen LogP contribution in [0.1, 0.15) is 23.6 Å². The van der Waals surface area contributed by atoms with Crippen molar-refractivity contribution in [2.24, 2.45) is 0 Å². The van der Waals surface area contributed by atoms with Crippen molar-refractivity contribution in [2.45, 2.75) is 20.8 Å². The fourth-order valence-corrected chi connectivity index (χ4v) is 3.71. The molecular formula is C22H22N2O4S. The number of nitrogens with one attached hydrogen (secondary N) is 1. The van der Waals surface area contributed by atoms with Crippen LogP contribution in [0.25, 0.3) is 6.08 Å². The number of rotatable bonds is 6. The lowest BCUT2D eigenvalue weighted by Crippen LogP contribution is -2.36. The van der Waals surface area contributed by atoms with Gasteiger partial charge in [-0.15, -0.1) is 0 Å². The van der Waals surface area contributed by atoms with Crippen LogP contribution in [0.4, 0.5) is 10.5 Å². The Morgan fingerprint density at radius 2 is 1.90 bits per heavy atom. The van der Waals surface area contributed by atoms with Gasteiger partial charge in [0.25, 0.3) is 11.1 Å². The van der Waals surface area contributed by atoms with E-state index < -0.39 is 17.1 Å². The van der Waals surface area contributed by atoms with Crippen molar-refractivity contribution in [3.8, 4) is 5.75 Å². The fourth-order valence-electron chi connectivity index (χ4n) is 2.88. The van der Waals surface area contributed by atoms with Crippen LogP contribution >= 0.6 is 11.8 Å². The standard InChI is InChI=1S/C22H22N2O4S/c1-4-28-18-11-6-5-9-16(18)12-19-21(26)24(22(27)29-19)13-20(25)23-17-10-7-8-14(2)15(17)3/h5-12H,4,13H2,1-3H3,(H,23,25)/b19-12+. The van der Waals surface area contributed by atoms with E-state index in [1.54, 1.807) is 18.2 Å². The molecule has 1 heterocycles. The number of hydrogen-bond donors (Lipinski definition) is 1. The van der Waals surface area contributed by atoms with Crippen molar-refractivity contribution in [2.75, 3.05) is 18.5 Å². The molecule has 1 aliphatic rings. The largest absolute Gasteiger partial charge is 0.493 e. The molecule has 0 atom stereocenters. The number of hydrogen-bond acceptors (Lipinski definition) is 5. The second-order valence-corrected chi connectivity index (χ2v) is 7.53. The van der Waals surface area contributed by atoms with Gasteiger partial charge in [-0.05, 0) is 61.9 Å². The summed E-state index contributed by atoms with van der Waals surface area (Å²) >= 11 is 0.820. The van der Waals surface area contributed by atoms with E-state index >= 15 is 0 Å². The summed E-state index contributed by atoms with van der Waals surface area (Å²) in [4.78, 5) is 38.7. The Morgan fingerprint density at radius 1 is 1.14 bits per heavy atom. The van der Waals surface area contributed by atoms with E-state index in [2.05, 4.69) is 5.32 Å². The number of aryl methyl sites for hydroxylation is 1. The van der Waals surface area contributed by atoms with Crippen LogP contribution < -0.4 is 10.1 Å². The summed E-state index contributed by atoms with van der Waals surface area (Å²) < 4.78 is 5.56. The predicted octanol–water partition coefficient (Wildman–Crippen LogP) is 4.38. The predicted molar refractivity (Wildman–Crippen MR) is 115 cm³/mol. The Kier molecular flexibility index (Phi) is 6.39. The fraction of sp³-hybridized carbons (Fsp3) is 0.227. The Hall–Kier alpha value is -3.06. The maximum atomic E-state index is 12.7. The zero-order valence-corrected chi connectivity index (χ0v) is 17.3. The second kappa shape index (κ2) is 8.96. The van der Waals surface area contributed by atoms with Gasteiger partial charge >= 0.3 is 0 Å². The first kappa shape index (κ1) is 20.7. The minimum atomic E-state index is -0.484. The molecule has 0 saturated carbocycles. The molecule has 2 aromatic carbocycles. The number of carbonyl (C=O) groups is 3. The number of thioether (sulfide) groups is 1. The molecule has 0 unspecified atom stereocenters. The number of benzene rings is 2. The first-order valence-corrected chi connectivity index (χ1v) is 10.1. The topological polar surface area (TPSA) is 75.7 Å². The van der Waals surface area contributed by atoms with Crippen molar-refractivity contribution in [3.63, 3.8) is 0 Å². The van der Waals surface area contributed by atoms with Crippen molar-refractivity contribution in [1.82, 2.24) is 4.90 Å². The van der Waals surface area contributed by atoms with Gasteiger partial charge in [0.15, 0.2) is 0 Å². The average Bonchev–Trinajstić information content (AvgIpc) is 2.94. The molecule has 29 heavy (non-hydrogen) atoms. The SMILES string of the molecule is CCOc1ccccc1/C=C1/SC(=O)N(CC(=O)Nc2cccc(C)c2C)C1=O. The molecule has 3 amide bonds. The summed E-state index contributed by atoms with van der Waals surface area (Å²) in [6.07, 6.45) is 1.62. The zero-order chi connectivity index (χ0) is 21.0. The van der Waals surface area contributed by atoms with Crippen molar-refractivity contribution >= 4 is 40.6 Å². The molecule has 0 spiro atoms. The van der Waals surface area contributed by atoms with Crippen LogP contribution in [0.2, 0.25) is 0 Å². The van der Waals surface area contributed by atoms with E-state index in [0.717, 1.165) is 27.8 Å². The van der Waals surface area contributed by atoms with Gasteiger partial charge < -0.3 is 10.1 Å². The summed E-state index contributed by atoms with van der Waals surface area (Å²) in [6.45, 7) is 5.89. The van der Waals surface area contributed by atoms with Gasteiger partial charge in [0, 0.05) is 11.3 Å². The molecule has 0 radical (unpaired) electrons. The first-order chi connectivity index (χ1) is 13.9. The van der Waals surface area contributed by atoms with Crippen molar-refractivity contribution in [1.29, 1.82) is 0 Å². The molecule has 6 nitrogen and oxygen atoms in total. The maximum absolute atomic E-state index is 12.7. The van der Waals surface area contributed by atoms with Crippen LogP contribution in [0.15, 0.2) is 47.4 Å². The van der Waals surface area contributed by atoms with E-state index in [0.29, 0.717) is 23.6 Å². The molecule has 7 heteroatoms. The minimum Gasteiger partial charge on any atom is -0.493 e. The number of carbonyl (C=O) groups excluding carboxylic acids is 3. The lowest BCUT2D eigenvalue weighted by atomic mass is 10.1. The van der Waals surface area contributed by atoms with E-state index in [4.69, 9.17) is 4.74 Å². The highest BCUT2D eigenvalue weighted by molar-refractivity contribution is 8.18. The van der Waals surface area contributed by atoms with Crippen LogP contribution in [-0.4, -0.2) is 35.1 Å². The Balaban J connectivity index is 1.74. The molecule has 1 N–H and O–H groups in total. The summed E-state index contributed by atoms with van der Waals surface area (Å²) in [5.74, 6) is -0.270. The van der Waals surface area contributed by atoms with Crippen molar-refractivity contribution in [3.05, 3.63) is 64.1 Å². The molecule has 0 aliphatic carbocycles. The summed E-state index contributed by atoms with van der Waals surface area (Å²) in [5, 5.41) is 2.31. The smallest absolute Gasteiger partial charge is 0.294 e. The molecule has 150 valence electrons. The Morgan fingerprint density at radius 3 is 2.66 bits per heavy atom. The monoisotopic (exact) mass is 410 g/mol. The Labute approximate surface area is 173 Å². The number of imide groups is 1. The number of nitrogens with zero attached hydrogens (tertiary/aromatic N) is 1. The maximum Gasteiger partial charge on any atom is 0.294 e. The van der Waals surface area contributed by atoms with Gasteiger partial charge in [-0.3, -0.25) is 19.3 Å². The van der Waals surface area contributed by atoms with Gasteiger partial charge in [0.05, 0.1) is 11.5 Å². The van der Waals surface area contributed by atoms with Crippen LogP contribution in [0.5, 0.6) is 5.75 Å². The van der Waals surface area contributed by atoms with E-state index in [1.165, 1.54) is 0 Å². The summed E-state index contributed by atoms with van der Waals surface area (Å²) in [5.41, 5.74) is 3.37. The number of anilines is 1. The summed E-state index contributed by atoms with van der Waals surface area (Å²) in [6, 6.07) is 12.9. The van der Waals surface area contributed by atoms with Gasteiger partial charge in [0.1, 0.15) is 12.3 Å². The normalized spacial score (nSPS) is 15.1. The zero-order valence-electron chi connectivity index (χ0n) is 16.5. The van der Waals surface area contributed by atoms with Crippen LogP contribution in [0, 0.1) is 13.8 Å². The van der Waals surface area contributed by atoms with Gasteiger partial charge in [-0.2, -0.15) is 0 Å². The molecule has 1 aliphatic heterocycles. The minimum absolute atomic E-state index is 0.265. The highest BCUT2D eigenvalue weighted by Crippen LogP contribution is 2.34. The Bertz CT molecular complexity index is 1000. The molecule has 1 fully saturated rings. The van der Waals surface area contributed by atoms with Crippen molar-refractivity contribution < 1.29 is 19.1 Å². The molecular weight excluding hydrogens is 388 g/mol. The van der Waals surface area contributed by atoms with Crippen LogP contribution in [0.3, 0.4) is 0 Å². The van der Waals surface area contributed by atoms with Gasteiger partial charge in [0.2, 0.25) is 5.91 Å². The third kappa shape index (κ3) is 4.68. The number of amides is 3. The van der Waals surface area contributed by atoms with E-state index in [-0.39, 0.29) is 11.4 Å². The molecule has 0 bridgehead atoms. The van der Waals surface area contributed by atoms with E-state index in [1.807, 2.05) is 51.1 Å². The third-order valence-corrected chi connectivity index (χ3v) is 5.47. The second-order valence-electron chi connectivity index (χ2n) is 6.53. The number of para-hydroxylation sites is 1. The lowest BCUT2D eigenvalue weighted by molar-refractivity contribution is -0.127. The summed E-state index contributed by atoms with van der Waals surface area (Å²) in [7, 11) is 0. The first-order valence-electron chi connectivity index (χ1n) is 9.24. The molecule has 1 saturated heterocycles. The highest BCUT2D eigenvalue weighted by Gasteiger charge is 2.36. The lowest BCUT2D eigenvalue weighted by Gasteiger charge is -2.14.